The zero-order valence-corrected chi connectivity index (χ0v) is 20.5. The number of benzene rings is 1. The van der Waals surface area contributed by atoms with Crippen LogP contribution in [0.25, 0.3) is 0 Å². The monoisotopic (exact) mass is 507 g/mol. The van der Waals surface area contributed by atoms with Crippen LogP contribution in [0.1, 0.15) is 64.4 Å². The van der Waals surface area contributed by atoms with Gasteiger partial charge in [0.1, 0.15) is 11.5 Å². The van der Waals surface area contributed by atoms with E-state index in [1.54, 1.807) is 22.1 Å². The zero-order valence-electron chi connectivity index (χ0n) is 19.0. The Labute approximate surface area is 206 Å². The Hall–Kier alpha value is -2.52. The molecule has 1 atom stereocenters. The van der Waals surface area contributed by atoms with E-state index in [0.717, 1.165) is 17.8 Å². The minimum absolute atomic E-state index is 0.0904. The van der Waals surface area contributed by atoms with Gasteiger partial charge in [-0.3, -0.25) is 14.4 Å². The van der Waals surface area contributed by atoms with E-state index in [0.29, 0.717) is 51.3 Å². The number of likely N-dealkylation sites (tertiary alicyclic amines) is 2. The molecule has 2 aromatic rings. The third-order valence-corrected chi connectivity index (χ3v) is 7.70. The Morgan fingerprint density at radius 2 is 1.91 bits per heavy atom. The average Bonchev–Trinajstić information content (AvgIpc) is 3.34. The maximum Gasteiger partial charge on any atom is 0.310 e. The van der Waals surface area contributed by atoms with Gasteiger partial charge >= 0.3 is 5.97 Å². The molecule has 0 aliphatic carbocycles. The molecule has 2 aliphatic heterocycles. The molecule has 2 amide bonds. The number of piperidine rings is 2. The van der Waals surface area contributed by atoms with E-state index in [4.69, 9.17) is 16.3 Å². The molecule has 1 unspecified atom stereocenters. The minimum Gasteiger partial charge on any atom is -0.466 e. The normalized spacial score (nSPS) is 19.2. The Morgan fingerprint density at radius 1 is 1.15 bits per heavy atom. The number of thiazole rings is 1. The van der Waals surface area contributed by atoms with Crippen LogP contribution >= 0.6 is 22.9 Å². The van der Waals surface area contributed by atoms with Crippen LogP contribution in [0.4, 0.5) is 4.39 Å². The Bertz CT molecular complexity index is 1050. The number of rotatable bonds is 5. The Balaban J connectivity index is 1.35. The number of carbonyl (C=O) groups is 3. The summed E-state index contributed by atoms with van der Waals surface area (Å²) in [5.41, 5.74) is 0.300. The highest BCUT2D eigenvalue weighted by Gasteiger charge is 2.32. The van der Waals surface area contributed by atoms with Gasteiger partial charge in [0.15, 0.2) is 0 Å². The van der Waals surface area contributed by atoms with Crippen LogP contribution in [-0.2, 0) is 9.53 Å². The van der Waals surface area contributed by atoms with Crippen LogP contribution in [0.2, 0.25) is 5.02 Å². The van der Waals surface area contributed by atoms with E-state index >= 15 is 0 Å². The number of esters is 1. The number of ether oxygens (including phenoxy) is 1. The van der Waals surface area contributed by atoms with Crippen LogP contribution in [0, 0.1) is 11.7 Å². The predicted molar refractivity (Wildman–Crippen MR) is 127 cm³/mol. The quantitative estimate of drug-likeness (QED) is 0.561. The van der Waals surface area contributed by atoms with Crippen molar-refractivity contribution in [3.05, 3.63) is 50.7 Å². The highest BCUT2D eigenvalue weighted by Crippen LogP contribution is 2.32. The molecule has 4 rings (SSSR count). The fourth-order valence-electron chi connectivity index (χ4n) is 4.54. The van der Waals surface area contributed by atoms with Crippen LogP contribution in [0.15, 0.2) is 23.6 Å². The lowest BCUT2D eigenvalue weighted by Crippen LogP contribution is -2.43. The summed E-state index contributed by atoms with van der Waals surface area (Å²) in [6, 6.07) is 4.22. The molecule has 2 fully saturated rings. The summed E-state index contributed by atoms with van der Waals surface area (Å²) in [4.78, 5) is 45.8. The SMILES string of the molecule is CCOC(=O)C1CCCN(C(=O)c2csc(C3CCN(C(=O)c4c(F)cccc4Cl)CC3)n2)C1. The van der Waals surface area contributed by atoms with Crippen molar-refractivity contribution in [2.24, 2.45) is 5.92 Å². The molecule has 34 heavy (non-hydrogen) atoms. The van der Waals surface area contributed by atoms with Crippen LogP contribution in [0.3, 0.4) is 0 Å². The number of hydrogen-bond acceptors (Lipinski definition) is 6. The average molecular weight is 508 g/mol. The van der Waals surface area contributed by atoms with Gasteiger partial charge in [0.25, 0.3) is 11.8 Å². The molecule has 7 nitrogen and oxygen atoms in total. The maximum atomic E-state index is 14.1. The maximum absolute atomic E-state index is 14.1. The van der Waals surface area contributed by atoms with Gasteiger partial charge in [-0.05, 0) is 44.7 Å². The summed E-state index contributed by atoms with van der Waals surface area (Å²) in [7, 11) is 0. The summed E-state index contributed by atoms with van der Waals surface area (Å²) in [6.45, 7) is 3.98. The zero-order chi connectivity index (χ0) is 24.2. The molecule has 2 aliphatic rings. The van der Waals surface area contributed by atoms with Gasteiger partial charge in [-0.25, -0.2) is 9.37 Å². The van der Waals surface area contributed by atoms with E-state index in [1.165, 1.54) is 29.5 Å². The number of amides is 2. The van der Waals surface area contributed by atoms with Crippen molar-refractivity contribution in [2.45, 2.75) is 38.5 Å². The standard InChI is InChI=1S/C24H27ClFN3O4S/c1-2-33-24(32)16-5-4-10-29(13-16)22(30)19-14-34-21(27-19)15-8-11-28(12-9-15)23(31)20-17(25)6-3-7-18(20)26/h3,6-7,14-16H,2,4-5,8-13H2,1H3. The first kappa shape index (κ1) is 24.6. The van der Waals surface area contributed by atoms with Gasteiger partial charge in [-0.1, -0.05) is 17.7 Å². The number of halogens is 2. The molecule has 3 heterocycles. The number of hydrogen-bond donors (Lipinski definition) is 0. The van der Waals surface area contributed by atoms with Crippen molar-refractivity contribution in [3.8, 4) is 0 Å². The summed E-state index contributed by atoms with van der Waals surface area (Å²) < 4.78 is 19.3. The molecule has 0 bridgehead atoms. The first-order valence-electron chi connectivity index (χ1n) is 11.5. The third kappa shape index (κ3) is 5.25. The highest BCUT2D eigenvalue weighted by atomic mass is 35.5. The van der Waals surface area contributed by atoms with Gasteiger partial charge in [0.05, 0.1) is 28.1 Å². The first-order chi connectivity index (χ1) is 16.4. The van der Waals surface area contributed by atoms with Crippen LogP contribution in [-0.4, -0.2) is 65.4 Å². The van der Waals surface area contributed by atoms with Crippen molar-refractivity contribution >= 4 is 40.7 Å². The minimum atomic E-state index is -0.620. The molecule has 2 saturated heterocycles. The van der Waals surface area contributed by atoms with E-state index in [2.05, 4.69) is 4.98 Å². The fraction of sp³-hybridized carbons (Fsp3) is 0.500. The van der Waals surface area contributed by atoms with Crippen molar-refractivity contribution < 1.29 is 23.5 Å². The Kier molecular flexibility index (Phi) is 7.83. The summed E-state index contributed by atoms with van der Waals surface area (Å²) in [5.74, 6) is -1.61. The molecule has 0 spiro atoms. The molecule has 0 N–H and O–H groups in total. The molecule has 0 radical (unpaired) electrons. The molecular formula is C24H27ClFN3O4S. The second-order valence-electron chi connectivity index (χ2n) is 8.58. The first-order valence-corrected chi connectivity index (χ1v) is 12.8. The molecule has 182 valence electrons. The molecular weight excluding hydrogens is 481 g/mol. The fourth-order valence-corrected chi connectivity index (χ4v) is 5.75. The van der Waals surface area contributed by atoms with E-state index in [-0.39, 0.29) is 34.3 Å². The second-order valence-corrected chi connectivity index (χ2v) is 9.87. The van der Waals surface area contributed by atoms with Crippen LogP contribution in [0.5, 0.6) is 0 Å². The van der Waals surface area contributed by atoms with Gasteiger partial charge in [0.2, 0.25) is 0 Å². The molecule has 0 saturated carbocycles. The van der Waals surface area contributed by atoms with Gasteiger partial charge in [0, 0.05) is 37.5 Å². The smallest absolute Gasteiger partial charge is 0.310 e. The predicted octanol–water partition coefficient (Wildman–Crippen LogP) is 4.37. The largest absolute Gasteiger partial charge is 0.466 e. The van der Waals surface area contributed by atoms with E-state index < -0.39 is 11.7 Å². The topological polar surface area (TPSA) is 79.8 Å². The van der Waals surface area contributed by atoms with E-state index in [9.17, 15) is 18.8 Å². The van der Waals surface area contributed by atoms with Gasteiger partial charge in [-0.2, -0.15) is 0 Å². The molecule has 1 aromatic carbocycles. The number of carbonyl (C=O) groups excluding carboxylic acids is 3. The molecule has 1 aromatic heterocycles. The molecule has 10 heteroatoms. The van der Waals surface area contributed by atoms with Crippen molar-refractivity contribution in [1.82, 2.24) is 14.8 Å². The van der Waals surface area contributed by atoms with Crippen molar-refractivity contribution in [2.75, 3.05) is 32.8 Å². The van der Waals surface area contributed by atoms with Crippen molar-refractivity contribution in [3.63, 3.8) is 0 Å². The third-order valence-electron chi connectivity index (χ3n) is 6.38. The highest BCUT2D eigenvalue weighted by molar-refractivity contribution is 7.09. The van der Waals surface area contributed by atoms with Crippen LogP contribution < -0.4 is 0 Å². The van der Waals surface area contributed by atoms with Crippen molar-refractivity contribution in [1.29, 1.82) is 0 Å². The Morgan fingerprint density at radius 3 is 2.62 bits per heavy atom. The number of nitrogens with zero attached hydrogens (tertiary/aromatic N) is 3. The van der Waals surface area contributed by atoms with Gasteiger partial charge < -0.3 is 14.5 Å². The van der Waals surface area contributed by atoms with E-state index in [1.807, 2.05) is 0 Å². The van der Waals surface area contributed by atoms with Gasteiger partial charge in [-0.15, -0.1) is 11.3 Å². The summed E-state index contributed by atoms with van der Waals surface area (Å²) in [5, 5.41) is 2.74. The second kappa shape index (κ2) is 10.8. The lowest BCUT2D eigenvalue weighted by Gasteiger charge is -2.31. The number of aromatic nitrogens is 1. The lowest BCUT2D eigenvalue weighted by atomic mass is 9.96. The summed E-state index contributed by atoms with van der Waals surface area (Å²) in [6.07, 6.45) is 2.83. The lowest BCUT2D eigenvalue weighted by molar-refractivity contribution is -0.149. The summed E-state index contributed by atoms with van der Waals surface area (Å²) >= 11 is 7.49.